The molecule has 4 heteroatoms. The maximum atomic E-state index is 6.07. The van der Waals surface area contributed by atoms with Crippen LogP contribution < -0.4 is 9.47 Å². The van der Waals surface area contributed by atoms with Crippen LogP contribution in [0.4, 0.5) is 0 Å². The van der Waals surface area contributed by atoms with Crippen molar-refractivity contribution < 1.29 is 18.9 Å². The molecule has 1 aliphatic rings. The molecular weight excluding hydrogens is 448 g/mol. The lowest BCUT2D eigenvalue weighted by Gasteiger charge is -2.30. The van der Waals surface area contributed by atoms with Crippen molar-refractivity contribution in [1.82, 2.24) is 0 Å². The number of ether oxygens (including phenoxy) is 4. The number of rotatable bonds is 17. The first kappa shape index (κ1) is 28.5. The summed E-state index contributed by atoms with van der Waals surface area (Å²) in [5.41, 5.74) is 2.27. The Morgan fingerprint density at radius 2 is 1.22 bits per heavy atom. The highest BCUT2D eigenvalue weighted by Crippen LogP contribution is 2.31. The minimum absolute atomic E-state index is 0.240. The van der Waals surface area contributed by atoms with Crippen molar-refractivity contribution in [2.24, 2.45) is 5.92 Å². The molecule has 1 fully saturated rings. The lowest BCUT2D eigenvalue weighted by atomic mass is 10.00. The molecule has 36 heavy (non-hydrogen) atoms. The van der Waals surface area contributed by atoms with Crippen molar-refractivity contribution >= 4 is 0 Å². The molecule has 200 valence electrons. The van der Waals surface area contributed by atoms with Gasteiger partial charge in [-0.25, -0.2) is 0 Å². The molecule has 0 spiro atoms. The van der Waals surface area contributed by atoms with E-state index in [4.69, 9.17) is 18.9 Å². The van der Waals surface area contributed by atoms with Gasteiger partial charge < -0.3 is 18.9 Å². The first-order valence-electron chi connectivity index (χ1n) is 14.4. The average Bonchev–Trinajstić information content (AvgIpc) is 2.93. The first-order chi connectivity index (χ1) is 17.7. The Labute approximate surface area is 219 Å². The molecule has 0 radical (unpaired) electrons. The third-order valence-electron chi connectivity index (χ3n) is 7.15. The van der Waals surface area contributed by atoms with E-state index in [-0.39, 0.29) is 12.2 Å². The third kappa shape index (κ3) is 10.1. The maximum absolute atomic E-state index is 6.07. The Balaban J connectivity index is 1.31. The van der Waals surface area contributed by atoms with E-state index in [0.717, 1.165) is 43.1 Å². The van der Waals surface area contributed by atoms with Gasteiger partial charge in [0.1, 0.15) is 11.5 Å². The molecule has 0 N–H and O–H groups in total. The van der Waals surface area contributed by atoms with Crippen LogP contribution in [0.3, 0.4) is 0 Å². The van der Waals surface area contributed by atoms with Gasteiger partial charge in [-0.3, -0.25) is 0 Å². The fraction of sp³-hybridized carbons (Fsp3) is 0.625. The Hall–Kier alpha value is -2.04. The molecule has 0 aliphatic carbocycles. The van der Waals surface area contributed by atoms with Crippen LogP contribution >= 0.6 is 0 Å². The molecule has 1 saturated heterocycles. The zero-order valence-electron chi connectivity index (χ0n) is 22.9. The smallest absolute Gasteiger partial charge is 0.183 e. The minimum Gasteiger partial charge on any atom is -0.494 e. The second-order valence-corrected chi connectivity index (χ2v) is 10.3. The summed E-state index contributed by atoms with van der Waals surface area (Å²) < 4.78 is 23.9. The van der Waals surface area contributed by atoms with E-state index < -0.39 is 0 Å². The van der Waals surface area contributed by atoms with Crippen molar-refractivity contribution in [3.63, 3.8) is 0 Å². The van der Waals surface area contributed by atoms with E-state index in [1.807, 2.05) is 12.1 Å². The quantitative estimate of drug-likeness (QED) is 0.205. The van der Waals surface area contributed by atoms with Gasteiger partial charge in [0.05, 0.1) is 26.4 Å². The van der Waals surface area contributed by atoms with Crippen molar-refractivity contribution in [3.05, 3.63) is 59.7 Å². The highest BCUT2D eigenvalue weighted by molar-refractivity contribution is 5.31. The lowest BCUT2D eigenvalue weighted by molar-refractivity contribution is -0.191. The topological polar surface area (TPSA) is 36.9 Å². The van der Waals surface area contributed by atoms with Crippen LogP contribution in [0.5, 0.6) is 11.5 Å². The van der Waals surface area contributed by atoms with Crippen LogP contribution in [0.2, 0.25) is 0 Å². The van der Waals surface area contributed by atoms with Gasteiger partial charge >= 0.3 is 0 Å². The van der Waals surface area contributed by atoms with E-state index in [0.29, 0.717) is 19.1 Å². The van der Waals surface area contributed by atoms with Crippen LogP contribution in [-0.4, -0.2) is 26.4 Å². The van der Waals surface area contributed by atoms with Crippen LogP contribution in [-0.2, 0) is 9.47 Å². The van der Waals surface area contributed by atoms with E-state index in [2.05, 4.69) is 57.2 Å². The second kappa shape index (κ2) is 16.7. The van der Waals surface area contributed by atoms with Gasteiger partial charge in [-0.15, -0.1) is 0 Å². The Morgan fingerprint density at radius 1 is 0.694 bits per heavy atom. The predicted molar refractivity (Wildman–Crippen MR) is 148 cm³/mol. The monoisotopic (exact) mass is 496 g/mol. The maximum Gasteiger partial charge on any atom is 0.183 e. The van der Waals surface area contributed by atoms with Gasteiger partial charge in [-0.05, 0) is 42.2 Å². The zero-order chi connectivity index (χ0) is 25.4. The fourth-order valence-electron chi connectivity index (χ4n) is 4.40. The van der Waals surface area contributed by atoms with Crippen molar-refractivity contribution in [1.29, 1.82) is 0 Å². The summed E-state index contributed by atoms with van der Waals surface area (Å²) in [6, 6.07) is 16.5. The first-order valence-corrected chi connectivity index (χ1v) is 14.4. The van der Waals surface area contributed by atoms with E-state index in [1.165, 1.54) is 56.9 Å². The van der Waals surface area contributed by atoms with Gasteiger partial charge in [0.2, 0.25) is 0 Å². The predicted octanol–water partition coefficient (Wildman–Crippen LogP) is 8.85. The third-order valence-corrected chi connectivity index (χ3v) is 7.15. The van der Waals surface area contributed by atoms with Crippen LogP contribution in [0.1, 0.15) is 108 Å². The summed E-state index contributed by atoms with van der Waals surface area (Å²) in [5, 5.41) is 0. The average molecular weight is 497 g/mol. The second-order valence-electron chi connectivity index (χ2n) is 10.3. The van der Waals surface area contributed by atoms with Crippen molar-refractivity contribution in [2.75, 3.05) is 26.4 Å². The summed E-state index contributed by atoms with van der Waals surface area (Å²) in [7, 11) is 0. The van der Waals surface area contributed by atoms with Crippen molar-refractivity contribution in [3.8, 4) is 11.5 Å². The number of hydrogen-bond donors (Lipinski definition) is 0. The van der Waals surface area contributed by atoms with Gasteiger partial charge in [0, 0.05) is 11.5 Å². The van der Waals surface area contributed by atoms with E-state index in [9.17, 15) is 0 Å². The normalized spacial score (nSPS) is 18.6. The minimum atomic E-state index is -0.314. The Bertz CT molecular complexity index is 809. The lowest BCUT2D eigenvalue weighted by Crippen LogP contribution is -2.25. The molecule has 1 heterocycles. The van der Waals surface area contributed by atoms with Crippen LogP contribution in [0, 0.1) is 5.92 Å². The summed E-state index contributed by atoms with van der Waals surface area (Å²) in [6.45, 7) is 9.51. The molecule has 0 saturated carbocycles. The summed E-state index contributed by atoms with van der Waals surface area (Å²) in [4.78, 5) is 0. The number of benzene rings is 2. The van der Waals surface area contributed by atoms with Crippen LogP contribution in [0.15, 0.2) is 48.5 Å². The molecule has 3 rings (SSSR count). The SMILES string of the molecule is CCCCCCCCCCCOc1ccc(C2OCC(c3ccc(OC[C@@H](C)CC)cc3)CO2)cc1. The summed E-state index contributed by atoms with van der Waals surface area (Å²) >= 11 is 0. The molecular formula is C32H48O4. The Kier molecular flexibility index (Phi) is 13.2. The van der Waals surface area contributed by atoms with Gasteiger partial charge in [-0.1, -0.05) is 103 Å². The number of hydrogen-bond acceptors (Lipinski definition) is 4. The van der Waals surface area contributed by atoms with Gasteiger partial charge in [0.25, 0.3) is 0 Å². The van der Waals surface area contributed by atoms with Gasteiger partial charge in [0.15, 0.2) is 6.29 Å². The molecule has 1 atom stereocenters. The molecule has 0 bridgehead atoms. The molecule has 0 aromatic heterocycles. The number of unbranched alkanes of at least 4 members (excludes halogenated alkanes) is 8. The molecule has 0 amide bonds. The molecule has 4 nitrogen and oxygen atoms in total. The highest BCUT2D eigenvalue weighted by Gasteiger charge is 2.24. The van der Waals surface area contributed by atoms with E-state index >= 15 is 0 Å². The standard InChI is InChI=1S/C32H48O4/c1-4-6-7-8-9-10-11-12-13-22-33-30-20-16-28(17-21-30)32-35-24-29(25-36-32)27-14-18-31(19-15-27)34-23-26(3)5-2/h14-21,26,29,32H,4-13,22-25H2,1-3H3/t26-,29?,32?/m0/s1. The largest absolute Gasteiger partial charge is 0.494 e. The summed E-state index contributed by atoms with van der Waals surface area (Å²) in [6.07, 6.45) is 12.8. The molecule has 2 aromatic carbocycles. The van der Waals surface area contributed by atoms with Crippen LogP contribution in [0.25, 0.3) is 0 Å². The zero-order valence-corrected chi connectivity index (χ0v) is 22.9. The van der Waals surface area contributed by atoms with Crippen molar-refractivity contribution in [2.45, 2.75) is 97.2 Å². The van der Waals surface area contributed by atoms with Gasteiger partial charge in [-0.2, -0.15) is 0 Å². The molecule has 2 aromatic rings. The summed E-state index contributed by atoms with van der Waals surface area (Å²) in [5.74, 6) is 2.66. The van der Waals surface area contributed by atoms with E-state index in [1.54, 1.807) is 0 Å². The Morgan fingerprint density at radius 3 is 1.81 bits per heavy atom. The highest BCUT2D eigenvalue weighted by atomic mass is 16.7. The fourth-order valence-corrected chi connectivity index (χ4v) is 4.40. The molecule has 0 unspecified atom stereocenters. The molecule has 1 aliphatic heterocycles.